The summed E-state index contributed by atoms with van der Waals surface area (Å²) >= 11 is 6.94. The molecule has 38 heavy (non-hydrogen) atoms. The first-order valence-electron chi connectivity index (χ1n) is 11.2. The van der Waals surface area contributed by atoms with Gasteiger partial charge in [-0.1, -0.05) is 22.0 Å². The maximum atomic E-state index is 11.0. The van der Waals surface area contributed by atoms with E-state index < -0.39 is 4.92 Å². The lowest BCUT2D eigenvalue weighted by atomic mass is 10.1. The number of anilines is 5. The fourth-order valence-electron chi connectivity index (χ4n) is 3.33. The minimum absolute atomic E-state index is 0.0189. The van der Waals surface area contributed by atoms with Crippen LogP contribution in [0.2, 0.25) is 0 Å². The second kappa shape index (κ2) is 12.0. The highest BCUT2D eigenvalue weighted by Crippen LogP contribution is 2.31. The van der Waals surface area contributed by atoms with Gasteiger partial charge in [0.05, 0.1) is 22.7 Å². The second-order valence-corrected chi connectivity index (χ2v) is 9.81. The Kier molecular flexibility index (Phi) is 8.48. The molecule has 194 valence electrons. The average Bonchev–Trinajstić information content (AvgIpc) is 2.86. The van der Waals surface area contributed by atoms with Crippen LogP contribution in [0.4, 0.5) is 34.9 Å². The van der Waals surface area contributed by atoms with Crippen molar-refractivity contribution in [3.05, 3.63) is 90.3 Å². The molecule has 0 bridgehead atoms. The highest BCUT2D eigenvalue weighted by molar-refractivity contribution is 9.11. The SMILES string of the molecule is COc1c(Br)cc(Br)cc1/C=N/Nc1nc(Nc2ccc([N+](=O)[O-])cc2)nc(Nc2ccc(C)c(C)c2)n1. The van der Waals surface area contributed by atoms with Crippen molar-refractivity contribution in [3.63, 3.8) is 0 Å². The molecule has 0 fully saturated rings. The van der Waals surface area contributed by atoms with Crippen molar-refractivity contribution in [2.75, 3.05) is 23.2 Å². The third kappa shape index (κ3) is 6.81. The van der Waals surface area contributed by atoms with Crippen LogP contribution in [0, 0.1) is 24.0 Å². The Morgan fingerprint density at radius 2 is 1.53 bits per heavy atom. The molecule has 0 aliphatic heterocycles. The zero-order valence-electron chi connectivity index (χ0n) is 20.5. The molecule has 13 heteroatoms. The van der Waals surface area contributed by atoms with Gasteiger partial charge in [-0.2, -0.15) is 20.1 Å². The molecule has 3 N–H and O–H groups in total. The van der Waals surface area contributed by atoms with Gasteiger partial charge in [0.2, 0.25) is 17.8 Å². The van der Waals surface area contributed by atoms with E-state index in [0.29, 0.717) is 17.0 Å². The minimum atomic E-state index is -0.461. The van der Waals surface area contributed by atoms with Gasteiger partial charge in [-0.25, -0.2) is 5.43 Å². The molecule has 0 unspecified atom stereocenters. The highest BCUT2D eigenvalue weighted by Gasteiger charge is 2.11. The van der Waals surface area contributed by atoms with Gasteiger partial charge in [0, 0.05) is 33.5 Å². The summed E-state index contributed by atoms with van der Waals surface area (Å²) in [5, 5.41) is 21.5. The van der Waals surface area contributed by atoms with Gasteiger partial charge >= 0.3 is 0 Å². The molecule has 0 aliphatic carbocycles. The monoisotopic (exact) mass is 640 g/mol. The molecule has 0 radical (unpaired) electrons. The fraction of sp³-hybridized carbons (Fsp3) is 0.120. The number of benzene rings is 3. The largest absolute Gasteiger partial charge is 0.495 e. The van der Waals surface area contributed by atoms with Crippen molar-refractivity contribution in [3.8, 4) is 5.75 Å². The standard InChI is InChI=1S/C25H22Br2N8O3/c1-14-4-5-19(10-15(14)2)30-24-31-23(29-18-6-8-20(9-7-18)35(36)37)32-25(33-24)34-28-13-16-11-17(26)12-21(27)22(16)38-3/h4-13H,1-3H3,(H3,29,30,31,32,33,34)/b28-13+. The van der Waals surface area contributed by atoms with Crippen LogP contribution in [0.1, 0.15) is 16.7 Å². The van der Waals surface area contributed by atoms with Crippen molar-refractivity contribution in [2.45, 2.75) is 13.8 Å². The van der Waals surface area contributed by atoms with Crippen molar-refractivity contribution in [2.24, 2.45) is 5.10 Å². The van der Waals surface area contributed by atoms with E-state index in [1.165, 1.54) is 12.1 Å². The van der Waals surface area contributed by atoms with E-state index >= 15 is 0 Å². The fourth-order valence-corrected chi connectivity index (χ4v) is 4.75. The molecular formula is C25H22Br2N8O3. The first-order valence-corrected chi connectivity index (χ1v) is 12.7. The first kappa shape index (κ1) is 26.9. The number of aryl methyl sites for hydroxylation is 2. The number of nitro groups is 1. The molecule has 0 saturated carbocycles. The van der Waals surface area contributed by atoms with Gasteiger partial charge in [-0.15, -0.1) is 0 Å². The zero-order chi connectivity index (χ0) is 27.2. The molecule has 0 spiro atoms. The van der Waals surface area contributed by atoms with Crippen LogP contribution in [-0.4, -0.2) is 33.2 Å². The number of hydrogen-bond acceptors (Lipinski definition) is 10. The molecule has 0 saturated heterocycles. The van der Waals surface area contributed by atoms with E-state index in [1.54, 1.807) is 25.5 Å². The van der Waals surface area contributed by atoms with E-state index in [9.17, 15) is 10.1 Å². The number of ether oxygens (including phenoxy) is 1. The number of methoxy groups -OCH3 is 1. The first-order chi connectivity index (χ1) is 18.2. The molecule has 1 aromatic heterocycles. The molecule has 4 aromatic rings. The van der Waals surface area contributed by atoms with Crippen molar-refractivity contribution in [1.82, 2.24) is 15.0 Å². The number of halogens is 2. The quantitative estimate of drug-likeness (QED) is 0.101. The lowest BCUT2D eigenvalue weighted by molar-refractivity contribution is -0.384. The maximum Gasteiger partial charge on any atom is 0.269 e. The number of aromatic nitrogens is 3. The summed E-state index contributed by atoms with van der Waals surface area (Å²) in [6, 6.07) is 15.6. The predicted octanol–water partition coefficient (Wildman–Crippen LogP) is 6.86. The lowest BCUT2D eigenvalue weighted by Crippen LogP contribution is -2.07. The topological polar surface area (TPSA) is 139 Å². The van der Waals surface area contributed by atoms with E-state index in [0.717, 1.165) is 25.8 Å². The number of nitrogens with zero attached hydrogens (tertiary/aromatic N) is 5. The number of rotatable bonds is 9. The Bertz CT molecular complexity index is 1510. The predicted molar refractivity (Wildman–Crippen MR) is 155 cm³/mol. The van der Waals surface area contributed by atoms with Gasteiger partial charge in [-0.3, -0.25) is 10.1 Å². The molecule has 4 rings (SSSR count). The summed E-state index contributed by atoms with van der Waals surface area (Å²) in [5.74, 6) is 1.26. The van der Waals surface area contributed by atoms with Crippen LogP contribution in [0.5, 0.6) is 5.75 Å². The van der Waals surface area contributed by atoms with E-state index in [1.807, 2.05) is 44.2 Å². The maximum absolute atomic E-state index is 11.0. The number of nitrogens with one attached hydrogen (secondary N) is 3. The number of nitro benzene ring substituents is 1. The Morgan fingerprint density at radius 1 is 0.895 bits per heavy atom. The smallest absolute Gasteiger partial charge is 0.269 e. The van der Waals surface area contributed by atoms with E-state index in [4.69, 9.17) is 4.74 Å². The molecule has 0 amide bonds. The zero-order valence-corrected chi connectivity index (χ0v) is 23.7. The Hall–Kier alpha value is -4.10. The van der Waals surface area contributed by atoms with Crippen LogP contribution in [0.15, 0.2) is 68.6 Å². The Morgan fingerprint density at radius 3 is 2.16 bits per heavy atom. The molecule has 0 atom stereocenters. The van der Waals surface area contributed by atoms with E-state index in [-0.39, 0.29) is 23.5 Å². The molecule has 1 heterocycles. The highest BCUT2D eigenvalue weighted by atomic mass is 79.9. The number of non-ortho nitro benzene ring substituents is 1. The Balaban J connectivity index is 1.63. The van der Waals surface area contributed by atoms with Crippen molar-refractivity contribution in [1.29, 1.82) is 0 Å². The van der Waals surface area contributed by atoms with Crippen LogP contribution in [-0.2, 0) is 0 Å². The normalized spacial score (nSPS) is 10.9. The van der Waals surface area contributed by atoms with Crippen LogP contribution in [0.25, 0.3) is 0 Å². The third-order valence-corrected chi connectivity index (χ3v) is 6.39. The van der Waals surface area contributed by atoms with Gasteiger partial charge in [0.1, 0.15) is 5.75 Å². The van der Waals surface area contributed by atoms with Crippen LogP contribution < -0.4 is 20.8 Å². The average molecular weight is 642 g/mol. The van der Waals surface area contributed by atoms with Gasteiger partial charge in [0.25, 0.3) is 5.69 Å². The summed E-state index contributed by atoms with van der Waals surface area (Å²) in [4.78, 5) is 23.8. The summed E-state index contributed by atoms with van der Waals surface area (Å²) in [6.07, 6.45) is 1.58. The summed E-state index contributed by atoms with van der Waals surface area (Å²) in [6.45, 7) is 4.05. The van der Waals surface area contributed by atoms with Crippen molar-refractivity contribution < 1.29 is 9.66 Å². The lowest BCUT2D eigenvalue weighted by Gasteiger charge is -2.11. The Labute approximate surface area is 235 Å². The molecule has 11 nitrogen and oxygen atoms in total. The van der Waals surface area contributed by atoms with Crippen LogP contribution >= 0.6 is 31.9 Å². The van der Waals surface area contributed by atoms with Crippen molar-refractivity contribution >= 4 is 73.0 Å². The third-order valence-electron chi connectivity index (χ3n) is 5.34. The van der Waals surface area contributed by atoms with E-state index in [2.05, 4.69) is 68.0 Å². The van der Waals surface area contributed by atoms with Crippen LogP contribution in [0.3, 0.4) is 0 Å². The van der Waals surface area contributed by atoms with Gasteiger partial charge in [-0.05, 0) is 77.3 Å². The minimum Gasteiger partial charge on any atom is -0.495 e. The van der Waals surface area contributed by atoms with Gasteiger partial charge < -0.3 is 15.4 Å². The molecule has 3 aromatic carbocycles. The van der Waals surface area contributed by atoms with Gasteiger partial charge in [0.15, 0.2) is 0 Å². The molecule has 0 aliphatic rings. The number of hydrogen-bond donors (Lipinski definition) is 3. The summed E-state index contributed by atoms with van der Waals surface area (Å²) < 4.78 is 7.07. The summed E-state index contributed by atoms with van der Waals surface area (Å²) in [5.41, 5.74) is 7.18. The summed E-state index contributed by atoms with van der Waals surface area (Å²) in [7, 11) is 1.58. The number of hydrazone groups is 1. The second-order valence-electron chi connectivity index (χ2n) is 8.04. The molecular weight excluding hydrogens is 620 g/mol.